The van der Waals surface area contributed by atoms with Crippen LogP contribution in [0.25, 0.3) is 10.2 Å². The van der Waals surface area contributed by atoms with Crippen LogP contribution < -0.4 is 4.90 Å². The molecule has 1 fully saturated rings. The molecular weight excluding hydrogens is 286 g/mol. The highest BCUT2D eigenvalue weighted by Crippen LogP contribution is 2.33. The number of rotatable bonds is 3. The number of carbonyl (C=O) groups excluding carboxylic acids is 1. The van der Waals surface area contributed by atoms with Crippen molar-refractivity contribution in [2.24, 2.45) is 5.92 Å². The molecule has 3 rings (SSSR count). The zero-order chi connectivity index (χ0) is 14.8. The van der Waals surface area contributed by atoms with Crippen molar-refractivity contribution in [2.45, 2.75) is 26.7 Å². The summed E-state index contributed by atoms with van der Waals surface area (Å²) in [6, 6.07) is 0. The fourth-order valence-corrected chi connectivity index (χ4v) is 3.74. The van der Waals surface area contributed by atoms with Gasteiger partial charge in [-0.2, -0.15) is 0 Å². The molecule has 6 heteroatoms. The number of hydrogen-bond acceptors (Lipinski definition) is 6. The number of carbonyl (C=O) groups is 1. The molecule has 3 heterocycles. The molecule has 21 heavy (non-hydrogen) atoms. The first-order valence-electron chi connectivity index (χ1n) is 7.31. The number of fused-ring (bicyclic) bond motifs is 1. The molecule has 0 amide bonds. The normalized spacial score (nSPS) is 19.0. The largest absolute Gasteiger partial charge is 0.466 e. The predicted molar refractivity (Wildman–Crippen MR) is 83.7 cm³/mol. The highest BCUT2D eigenvalue weighted by Gasteiger charge is 2.28. The molecule has 1 saturated heterocycles. The molecule has 0 bridgehead atoms. The Kier molecular flexibility index (Phi) is 4.05. The fraction of sp³-hybridized carbons (Fsp3) is 0.533. The molecule has 1 unspecified atom stereocenters. The van der Waals surface area contributed by atoms with Crippen molar-refractivity contribution in [3.05, 3.63) is 17.3 Å². The summed E-state index contributed by atoms with van der Waals surface area (Å²) < 4.78 is 5.17. The van der Waals surface area contributed by atoms with Gasteiger partial charge in [0, 0.05) is 13.1 Å². The lowest BCUT2D eigenvalue weighted by Gasteiger charge is -2.32. The number of piperidine rings is 1. The van der Waals surface area contributed by atoms with Crippen LogP contribution in [0, 0.1) is 12.8 Å². The Morgan fingerprint density at radius 2 is 2.38 bits per heavy atom. The third-order valence-electron chi connectivity index (χ3n) is 3.88. The second-order valence-electron chi connectivity index (χ2n) is 5.33. The summed E-state index contributed by atoms with van der Waals surface area (Å²) >= 11 is 1.64. The maximum Gasteiger partial charge on any atom is 0.310 e. The number of esters is 1. The SMILES string of the molecule is CCOC(=O)C1CCCN(c2ncnc3scc(C)c23)C1. The van der Waals surface area contributed by atoms with Gasteiger partial charge in [-0.1, -0.05) is 0 Å². The lowest BCUT2D eigenvalue weighted by Crippen LogP contribution is -2.40. The smallest absolute Gasteiger partial charge is 0.310 e. The molecule has 1 aliphatic rings. The average Bonchev–Trinajstić information content (AvgIpc) is 2.89. The topological polar surface area (TPSA) is 55.3 Å². The summed E-state index contributed by atoms with van der Waals surface area (Å²) in [4.78, 5) is 24.0. The van der Waals surface area contributed by atoms with E-state index in [1.807, 2.05) is 6.92 Å². The summed E-state index contributed by atoms with van der Waals surface area (Å²) in [5, 5.41) is 3.22. The molecule has 112 valence electrons. The van der Waals surface area contributed by atoms with Gasteiger partial charge in [-0.25, -0.2) is 9.97 Å². The van der Waals surface area contributed by atoms with Crippen molar-refractivity contribution in [3.63, 3.8) is 0 Å². The number of thiophene rings is 1. The van der Waals surface area contributed by atoms with Crippen LogP contribution in [-0.2, 0) is 9.53 Å². The monoisotopic (exact) mass is 305 g/mol. The standard InChI is InChI=1S/C15H19N3O2S/c1-3-20-15(19)11-5-4-6-18(7-11)13-12-10(2)8-21-14(12)17-9-16-13/h8-9,11H,3-7H2,1-2H3. The predicted octanol–water partition coefficient (Wildman–Crippen LogP) is 2.78. The van der Waals surface area contributed by atoms with Crippen molar-refractivity contribution < 1.29 is 9.53 Å². The Labute approximate surface area is 128 Å². The lowest BCUT2D eigenvalue weighted by atomic mass is 9.98. The van der Waals surface area contributed by atoms with Gasteiger partial charge in [0.15, 0.2) is 0 Å². The van der Waals surface area contributed by atoms with E-state index in [0.29, 0.717) is 13.2 Å². The second-order valence-corrected chi connectivity index (χ2v) is 6.19. The minimum atomic E-state index is -0.0884. The van der Waals surface area contributed by atoms with Gasteiger partial charge in [0.1, 0.15) is 17.0 Å². The average molecular weight is 305 g/mol. The van der Waals surface area contributed by atoms with Crippen molar-refractivity contribution in [3.8, 4) is 0 Å². The van der Waals surface area contributed by atoms with E-state index in [4.69, 9.17) is 4.74 Å². The van der Waals surface area contributed by atoms with Crippen LogP contribution >= 0.6 is 11.3 Å². The molecule has 0 aromatic carbocycles. The van der Waals surface area contributed by atoms with Crippen LogP contribution in [0.4, 0.5) is 5.82 Å². The third-order valence-corrected chi connectivity index (χ3v) is 4.88. The number of aryl methyl sites for hydroxylation is 1. The molecule has 0 aliphatic carbocycles. The molecule has 0 spiro atoms. The van der Waals surface area contributed by atoms with E-state index >= 15 is 0 Å². The van der Waals surface area contributed by atoms with Crippen LogP contribution in [0.3, 0.4) is 0 Å². The summed E-state index contributed by atoms with van der Waals surface area (Å²) in [5.74, 6) is 0.810. The Bertz CT molecular complexity index is 655. The minimum Gasteiger partial charge on any atom is -0.466 e. The highest BCUT2D eigenvalue weighted by molar-refractivity contribution is 7.17. The first kappa shape index (κ1) is 14.3. The maximum atomic E-state index is 12.0. The van der Waals surface area contributed by atoms with Gasteiger partial charge in [0.2, 0.25) is 0 Å². The quantitative estimate of drug-likeness (QED) is 0.816. The zero-order valence-electron chi connectivity index (χ0n) is 12.3. The second kappa shape index (κ2) is 5.97. The van der Waals surface area contributed by atoms with Crippen molar-refractivity contribution in [1.82, 2.24) is 9.97 Å². The number of ether oxygens (including phenoxy) is 1. The molecular formula is C15H19N3O2S. The summed E-state index contributed by atoms with van der Waals surface area (Å²) in [5.41, 5.74) is 1.20. The maximum absolute atomic E-state index is 12.0. The minimum absolute atomic E-state index is 0.0531. The first-order chi connectivity index (χ1) is 10.2. The number of nitrogens with zero attached hydrogens (tertiary/aromatic N) is 3. The van der Waals surface area contributed by atoms with E-state index in [9.17, 15) is 4.79 Å². The summed E-state index contributed by atoms with van der Waals surface area (Å²) in [6.07, 6.45) is 3.49. The van der Waals surface area contributed by atoms with E-state index in [1.165, 1.54) is 5.56 Å². The van der Waals surface area contributed by atoms with E-state index in [1.54, 1.807) is 17.7 Å². The molecule has 5 nitrogen and oxygen atoms in total. The third kappa shape index (κ3) is 2.72. The highest BCUT2D eigenvalue weighted by atomic mass is 32.1. The van der Waals surface area contributed by atoms with Crippen molar-refractivity contribution in [1.29, 1.82) is 0 Å². The number of hydrogen-bond donors (Lipinski definition) is 0. The molecule has 0 radical (unpaired) electrons. The fourth-order valence-electron chi connectivity index (χ4n) is 2.86. The Balaban J connectivity index is 1.88. The van der Waals surface area contributed by atoms with E-state index < -0.39 is 0 Å². The lowest BCUT2D eigenvalue weighted by molar-refractivity contribution is -0.148. The van der Waals surface area contributed by atoms with Crippen LogP contribution in [0.5, 0.6) is 0 Å². The van der Waals surface area contributed by atoms with Crippen molar-refractivity contribution in [2.75, 3.05) is 24.6 Å². The van der Waals surface area contributed by atoms with Gasteiger partial charge in [0.25, 0.3) is 0 Å². The van der Waals surface area contributed by atoms with E-state index in [2.05, 4.69) is 27.2 Å². The first-order valence-corrected chi connectivity index (χ1v) is 8.19. The summed E-state index contributed by atoms with van der Waals surface area (Å²) in [6.45, 7) is 5.98. The van der Waals surface area contributed by atoms with Crippen LogP contribution in [0.1, 0.15) is 25.3 Å². The number of anilines is 1. The molecule has 0 N–H and O–H groups in total. The molecule has 1 aliphatic heterocycles. The van der Waals surface area contributed by atoms with Gasteiger partial charge in [-0.3, -0.25) is 4.79 Å². The molecule has 2 aromatic rings. The van der Waals surface area contributed by atoms with Gasteiger partial charge in [0.05, 0.1) is 17.9 Å². The van der Waals surface area contributed by atoms with Crippen LogP contribution in [-0.4, -0.2) is 35.6 Å². The van der Waals surface area contributed by atoms with E-state index in [-0.39, 0.29) is 11.9 Å². The Morgan fingerprint density at radius 3 is 3.19 bits per heavy atom. The summed E-state index contributed by atoms with van der Waals surface area (Å²) in [7, 11) is 0. The van der Waals surface area contributed by atoms with Gasteiger partial charge in [-0.05, 0) is 37.6 Å². The van der Waals surface area contributed by atoms with Gasteiger partial charge in [-0.15, -0.1) is 11.3 Å². The molecule has 1 atom stereocenters. The van der Waals surface area contributed by atoms with Gasteiger partial charge < -0.3 is 9.64 Å². The van der Waals surface area contributed by atoms with Crippen LogP contribution in [0.2, 0.25) is 0 Å². The molecule has 0 saturated carbocycles. The zero-order valence-corrected chi connectivity index (χ0v) is 13.2. The number of aromatic nitrogens is 2. The van der Waals surface area contributed by atoms with Gasteiger partial charge >= 0.3 is 5.97 Å². The van der Waals surface area contributed by atoms with Crippen molar-refractivity contribution >= 4 is 33.3 Å². The van der Waals surface area contributed by atoms with E-state index in [0.717, 1.165) is 35.4 Å². The van der Waals surface area contributed by atoms with Crippen LogP contribution in [0.15, 0.2) is 11.7 Å². The Morgan fingerprint density at radius 1 is 1.52 bits per heavy atom. The Hall–Kier alpha value is -1.69. The molecule has 2 aromatic heterocycles.